The number of carbonyl (C=O) groups excluding carboxylic acids is 1. The van der Waals surface area contributed by atoms with Crippen LogP contribution >= 0.6 is 0 Å². The topological polar surface area (TPSA) is 66.0 Å². The molecule has 2 aromatic carbocycles. The van der Waals surface area contributed by atoms with Crippen molar-refractivity contribution in [2.24, 2.45) is 0 Å². The van der Waals surface area contributed by atoms with Gasteiger partial charge < -0.3 is 24.3 Å². The summed E-state index contributed by atoms with van der Waals surface area (Å²) in [6.07, 6.45) is 5.12. The van der Waals surface area contributed by atoms with Crippen molar-refractivity contribution in [3.63, 3.8) is 0 Å². The van der Waals surface area contributed by atoms with Crippen molar-refractivity contribution >= 4 is 12.0 Å². The molecule has 6 nitrogen and oxygen atoms in total. The highest BCUT2D eigenvalue weighted by Gasteiger charge is 2.11. The van der Waals surface area contributed by atoms with Crippen LogP contribution in [0.4, 0.5) is 8.78 Å². The number of methoxy groups -OCH3 is 2. The molecule has 2 aromatic rings. The number of hydrogen-bond acceptors (Lipinski definition) is 5. The minimum absolute atomic E-state index is 0.0457. The summed E-state index contributed by atoms with van der Waals surface area (Å²) >= 11 is 0. The van der Waals surface area contributed by atoms with Crippen molar-refractivity contribution in [2.45, 2.75) is 13.0 Å². The maximum atomic E-state index is 12.5. The smallest absolute Gasteiger partial charge is 0.387 e. The molecule has 0 aliphatic heterocycles. The van der Waals surface area contributed by atoms with Gasteiger partial charge in [0.05, 0.1) is 14.2 Å². The monoisotopic (exact) mass is 433 g/mol. The van der Waals surface area contributed by atoms with Gasteiger partial charge in [0, 0.05) is 12.6 Å². The molecule has 1 N–H and O–H groups in total. The zero-order valence-electron chi connectivity index (χ0n) is 17.4. The third-order valence-corrected chi connectivity index (χ3v) is 4.13. The molecule has 0 unspecified atom stereocenters. The second kappa shape index (κ2) is 12.2. The Hall–Kier alpha value is -3.55. The molecule has 0 aromatic heterocycles. The number of nitrogens with one attached hydrogen (secondary N) is 1. The quantitative estimate of drug-likeness (QED) is 0.401. The standard InChI is InChI=1S/C23H25F2NO5/c1-4-13-30-19-9-6-16(14-20(19)29-3)7-10-22(27)26-12-11-17-5-8-18(28-2)21(15-17)31-23(24)25/h4-10,14-15,23H,1,11-13H2,2-3H3,(H,26,27)/b10-7+. The van der Waals surface area contributed by atoms with E-state index >= 15 is 0 Å². The van der Waals surface area contributed by atoms with Crippen LogP contribution in [0.5, 0.6) is 23.0 Å². The van der Waals surface area contributed by atoms with Gasteiger partial charge in [-0.15, -0.1) is 0 Å². The van der Waals surface area contributed by atoms with E-state index in [9.17, 15) is 13.6 Å². The first-order chi connectivity index (χ1) is 15.0. The van der Waals surface area contributed by atoms with E-state index in [0.717, 1.165) is 11.1 Å². The lowest BCUT2D eigenvalue weighted by Gasteiger charge is -2.11. The third kappa shape index (κ3) is 7.65. The van der Waals surface area contributed by atoms with Gasteiger partial charge in [-0.05, 0) is 47.9 Å². The Balaban J connectivity index is 1.90. The highest BCUT2D eigenvalue weighted by Crippen LogP contribution is 2.30. The molecule has 31 heavy (non-hydrogen) atoms. The van der Waals surface area contributed by atoms with Gasteiger partial charge in [0.1, 0.15) is 6.61 Å². The molecule has 1 amide bonds. The van der Waals surface area contributed by atoms with E-state index in [1.807, 2.05) is 0 Å². The van der Waals surface area contributed by atoms with Crippen LogP contribution in [0, 0.1) is 0 Å². The highest BCUT2D eigenvalue weighted by molar-refractivity contribution is 5.91. The van der Waals surface area contributed by atoms with Gasteiger partial charge in [-0.2, -0.15) is 8.78 Å². The second-order valence-electron chi connectivity index (χ2n) is 6.25. The lowest BCUT2D eigenvalue weighted by atomic mass is 10.1. The average molecular weight is 433 g/mol. The summed E-state index contributed by atoms with van der Waals surface area (Å²) < 4.78 is 45.3. The Morgan fingerprint density at radius 3 is 2.48 bits per heavy atom. The van der Waals surface area contributed by atoms with E-state index in [1.54, 1.807) is 42.5 Å². The van der Waals surface area contributed by atoms with Crippen LogP contribution in [-0.2, 0) is 11.2 Å². The molecule has 0 spiro atoms. The first kappa shape index (κ1) is 23.7. The average Bonchev–Trinajstić information content (AvgIpc) is 2.76. The first-order valence-electron chi connectivity index (χ1n) is 9.46. The Bertz CT molecular complexity index is 915. The van der Waals surface area contributed by atoms with E-state index in [1.165, 1.54) is 26.4 Å². The van der Waals surface area contributed by atoms with Crippen molar-refractivity contribution in [3.8, 4) is 23.0 Å². The zero-order valence-corrected chi connectivity index (χ0v) is 17.4. The molecule has 0 aliphatic rings. The van der Waals surface area contributed by atoms with E-state index in [4.69, 9.17) is 14.2 Å². The number of amides is 1. The summed E-state index contributed by atoms with van der Waals surface area (Å²) in [5.74, 6) is 1.01. The van der Waals surface area contributed by atoms with Gasteiger partial charge in [-0.1, -0.05) is 24.8 Å². The fraction of sp³-hybridized carbons (Fsp3) is 0.261. The summed E-state index contributed by atoms with van der Waals surface area (Å²) in [6, 6.07) is 10.0. The molecule has 0 aliphatic carbocycles. The minimum atomic E-state index is -2.95. The lowest BCUT2D eigenvalue weighted by Crippen LogP contribution is -2.23. The second-order valence-corrected chi connectivity index (χ2v) is 6.25. The molecule has 0 heterocycles. The van der Waals surface area contributed by atoms with E-state index in [2.05, 4.69) is 16.6 Å². The van der Waals surface area contributed by atoms with Crippen LogP contribution in [0.15, 0.2) is 55.1 Å². The number of halogens is 2. The van der Waals surface area contributed by atoms with E-state index in [-0.39, 0.29) is 17.4 Å². The Kier molecular flexibility index (Phi) is 9.35. The van der Waals surface area contributed by atoms with Gasteiger partial charge in [-0.25, -0.2) is 0 Å². The number of ether oxygens (including phenoxy) is 4. The van der Waals surface area contributed by atoms with Crippen LogP contribution in [0.25, 0.3) is 6.08 Å². The summed E-state index contributed by atoms with van der Waals surface area (Å²) in [7, 11) is 2.91. The molecular weight excluding hydrogens is 408 g/mol. The van der Waals surface area contributed by atoms with Gasteiger partial charge in [0.2, 0.25) is 5.91 Å². The molecule has 0 fully saturated rings. The largest absolute Gasteiger partial charge is 0.493 e. The third-order valence-electron chi connectivity index (χ3n) is 4.13. The number of rotatable bonds is 12. The highest BCUT2D eigenvalue weighted by atomic mass is 19.3. The SMILES string of the molecule is C=CCOc1ccc(/C=C/C(=O)NCCc2ccc(OC)c(OC(F)F)c2)cc1OC. The van der Waals surface area contributed by atoms with Crippen LogP contribution < -0.4 is 24.3 Å². The zero-order chi connectivity index (χ0) is 22.6. The van der Waals surface area contributed by atoms with Crippen LogP contribution in [-0.4, -0.2) is 39.9 Å². The summed E-state index contributed by atoms with van der Waals surface area (Å²) in [6.45, 7) is 1.33. The molecule has 0 bridgehead atoms. The van der Waals surface area contributed by atoms with E-state index in [0.29, 0.717) is 31.1 Å². The van der Waals surface area contributed by atoms with Gasteiger partial charge in [0.25, 0.3) is 0 Å². The van der Waals surface area contributed by atoms with Crippen LogP contribution in [0.1, 0.15) is 11.1 Å². The fourth-order valence-corrected chi connectivity index (χ4v) is 2.68. The molecule has 166 valence electrons. The van der Waals surface area contributed by atoms with Crippen molar-refractivity contribution in [1.82, 2.24) is 5.32 Å². The molecule has 0 saturated carbocycles. The number of alkyl halides is 2. The maximum Gasteiger partial charge on any atom is 0.387 e. The van der Waals surface area contributed by atoms with Crippen LogP contribution in [0.2, 0.25) is 0 Å². The normalized spacial score (nSPS) is 10.7. The fourth-order valence-electron chi connectivity index (χ4n) is 2.68. The van der Waals surface area contributed by atoms with Crippen molar-refractivity contribution in [3.05, 3.63) is 66.3 Å². The molecule has 2 rings (SSSR count). The molecular formula is C23H25F2NO5. The summed E-state index contributed by atoms with van der Waals surface area (Å²) in [5.41, 5.74) is 1.49. The molecule has 0 radical (unpaired) electrons. The predicted molar refractivity (Wildman–Crippen MR) is 114 cm³/mol. The van der Waals surface area contributed by atoms with E-state index < -0.39 is 6.61 Å². The van der Waals surface area contributed by atoms with Gasteiger partial charge in [0.15, 0.2) is 23.0 Å². The number of benzene rings is 2. The minimum Gasteiger partial charge on any atom is -0.493 e. The molecule has 8 heteroatoms. The van der Waals surface area contributed by atoms with Crippen molar-refractivity contribution in [1.29, 1.82) is 0 Å². The van der Waals surface area contributed by atoms with Crippen molar-refractivity contribution < 1.29 is 32.5 Å². The molecule has 0 atom stereocenters. The van der Waals surface area contributed by atoms with Crippen LogP contribution in [0.3, 0.4) is 0 Å². The predicted octanol–water partition coefficient (Wildman–Crippen LogP) is 4.24. The Labute approximate surface area is 180 Å². The lowest BCUT2D eigenvalue weighted by molar-refractivity contribution is -0.116. The summed E-state index contributed by atoms with van der Waals surface area (Å²) in [4.78, 5) is 12.1. The van der Waals surface area contributed by atoms with Gasteiger partial charge >= 0.3 is 6.61 Å². The number of hydrogen-bond donors (Lipinski definition) is 1. The van der Waals surface area contributed by atoms with Gasteiger partial charge in [-0.3, -0.25) is 4.79 Å². The Morgan fingerprint density at radius 1 is 1.06 bits per heavy atom. The summed E-state index contributed by atoms with van der Waals surface area (Å²) in [5, 5.41) is 2.75. The molecule has 0 saturated heterocycles. The number of carbonyl (C=O) groups is 1. The first-order valence-corrected chi connectivity index (χ1v) is 9.46. The Morgan fingerprint density at radius 2 is 1.81 bits per heavy atom. The maximum absolute atomic E-state index is 12.5. The van der Waals surface area contributed by atoms with Crippen molar-refractivity contribution in [2.75, 3.05) is 27.4 Å².